The first kappa shape index (κ1) is 14.8. The van der Waals surface area contributed by atoms with E-state index in [1.54, 1.807) is 0 Å². The maximum Gasteiger partial charge on any atom is 0.223 e. The van der Waals surface area contributed by atoms with Crippen LogP contribution < -0.4 is 5.32 Å². The smallest absolute Gasteiger partial charge is 0.223 e. The van der Waals surface area contributed by atoms with Crippen molar-refractivity contribution in [1.29, 1.82) is 0 Å². The van der Waals surface area contributed by atoms with Crippen molar-refractivity contribution < 1.29 is 4.79 Å². The van der Waals surface area contributed by atoms with Gasteiger partial charge in [-0.2, -0.15) is 0 Å². The number of carbonyl (C=O) groups excluding carboxylic acids is 1. The zero-order valence-electron chi connectivity index (χ0n) is 13.1. The lowest BCUT2D eigenvalue weighted by Gasteiger charge is -2.14. The van der Waals surface area contributed by atoms with Crippen LogP contribution >= 0.6 is 0 Å². The Hall–Kier alpha value is -2.17. The fourth-order valence-electron chi connectivity index (χ4n) is 3.18. The molecule has 1 aromatic carbocycles. The molecule has 1 aliphatic rings. The summed E-state index contributed by atoms with van der Waals surface area (Å²) in [5.74, 6) is 0.266. The summed E-state index contributed by atoms with van der Waals surface area (Å²) in [6.07, 6.45) is 4.55. The van der Waals surface area contributed by atoms with Gasteiger partial charge in [-0.15, -0.1) is 5.10 Å². The van der Waals surface area contributed by atoms with Gasteiger partial charge < -0.3 is 5.32 Å². The molecule has 5 nitrogen and oxygen atoms in total. The van der Waals surface area contributed by atoms with Crippen molar-refractivity contribution in [2.24, 2.45) is 5.92 Å². The second-order valence-electron chi connectivity index (χ2n) is 5.99. The van der Waals surface area contributed by atoms with Gasteiger partial charge in [0, 0.05) is 18.0 Å². The van der Waals surface area contributed by atoms with Crippen LogP contribution in [-0.2, 0) is 4.79 Å². The summed E-state index contributed by atoms with van der Waals surface area (Å²) in [4.78, 5) is 12.0. The summed E-state index contributed by atoms with van der Waals surface area (Å²) in [6.45, 7) is 4.72. The molecule has 0 aliphatic heterocycles. The van der Waals surface area contributed by atoms with Crippen LogP contribution in [-0.4, -0.2) is 27.4 Å². The predicted octanol–water partition coefficient (Wildman–Crippen LogP) is 2.73. The van der Waals surface area contributed by atoms with Gasteiger partial charge in [0.15, 0.2) is 0 Å². The molecular formula is C17H22N4O. The van der Waals surface area contributed by atoms with Gasteiger partial charge in [-0.3, -0.25) is 4.79 Å². The van der Waals surface area contributed by atoms with Gasteiger partial charge in [0.25, 0.3) is 0 Å². The quantitative estimate of drug-likeness (QED) is 0.944. The predicted molar refractivity (Wildman–Crippen MR) is 85.3 cm³/mol. The Kier molecular flexibility index (Phi) is 4.22. The first-order valence-corrected chi connectivity index (χ1v) is 7.94. The molecule has 3 rings (SSSR count). The number of rotatable bonds is 4. The average molecular weight is 298 g/mol. The Morgan fingerprint density at radius 2 is 2.09 bits per heavy atom. The van der Waals surface area contributed by atoms with Crippen LogP contribution in [0.4, 0.5) is 0 Å². The summed E-state index contributed by atoms with van der Waals surface area (Å²) in [5.41, 5.74) is 3.39. The highest BCUT2D eigenvalue weighted by molar-refractivity contribution is 5.78. The van der Waals surface area contributed by atoms with Crippen molar-refractivity contribution in [3.8, 4) is 11.3 Å². The molecule has 1 aliphatic carbocycles. The third-order valence-electron chi connectivity index (χ3n) is 4.39. The summed E-state index contributed by atoms with van der Waals surface area (Å²) >= 11 is 0. The third kappa shape index (κ3) is 2.89. The maximum absolute atomic E-state index is 12.0. The second kappa shape index (κ2) is 6.30. The van der Waals surface area contributed by atoms with E-state index in [2.05, 4.69) is 46.8 Å². The summed E-state index contributed by atoms with van der Waals surface area (Å²) < 4.78 is 1.99. The summed E-state index contributed by atoms with van der Waals surface area (Å²) in [5, 5.41) is 11.3. The van der Waals surface area contributed by atoms with E-state index in [1.807, 2.05) is 17.8 Å². The molecule has 0 spiro atoms. The van der Waals surface area contributed by atoms with Gasteiger partial charge in [0.05, 0.1) is 17.9 Å². The largest absolute Gasteiger partial charge is 0.356 e. The molecular weight excluding hydrogens is 276 g/mol. The van der Waals surface area contributed by atoms with Gasteiger partial charge >= 0.3 is 0 Å². The number of aromatic nitrogens is 3. The highest BCUT2D eigenvalue weighted by Gasteiger charge is 2.32. The number of hydrogen-bond donors (Lipinski definition) is 1. The lowest BCUT2D eigenvalue weighted by molar-refractivity contribution is -0.124. The molecule has 0 saturated heterocycles. The van der Waals surface area contributed by atoms with Crippen LogP contribution in [0.3, 0.4) is 0 Å². The van der Waals surface area contributed by atoms with E-state index in [-0.39, 0.29) is 17.9 Å². The summed E-state index contributed by atoms with van der Waals surface area (Å²) in [6, 6.07) is 8.64. The molecule has 1 fully saturated rings. The first-order valence-electron chi connectivity index (χ1n) is 7.94. The van der Waals surface area contributed by atoms with Gasteiger partial charge in [0.1, 0.15) is 0 Å². The minimum Gasteiger partial charge on any atom is -0.356 e. The number of nitrogens with zero attached hydrogens (tertiary/aromatic N) is 3. The van der Waals surface area contributed by atoms with Crippen molar-refractivity contribution in [2.75, 3.05) is 6.54 Å². The van der Waals surface area contributed by atoms with Crippen molar-refractivity contribution >= 4 is 5.91 Å². The topological polar surface area (TPSA) is 59.8 Å². The van der Waals surface area contributed by atoms with E-state index in [4.69, 9.17) is 0 Å². The van der Waals surface area contributed by atoms with Gasteiger partial charge in [-0.05, 0) is 33.1 Å². The third-order valence-corrected chi connectivity index (χ3v) is 4.39. The van der Waals surface area contributed by atoms with E-state index in [0.29, 0.717) is 6.54 Å². The molecule has 2 unspecified atom stereocenters. The van der Waals surface area contributed by atoms with Crippen molar-refractivity contribution in [1.82, 2.24) is 20.3 Å². The molecule has 1 N–H and O–H groups in total. The number of hydrogen-bond acceptors (Lipinski definition) is 3. The number of amides is 1. The van der Waals surface area contributed by atoms with Crippen LogP contribution in [0.5, 0.6) is 0 Å². The Morgan fingerprint density at radius 3 is 2.82 bits per heavy atom. The number of aryl methyl sites for hydroxylation is 1. The zero-order valence-corrected chi connectivity index (χ0v) is 13.1. The molecule has 2 atom stereocenters. The highest BCUT2D eigenvalue weighted by atomic mass is 16.1. The number of nitrogens with one attached hydrogen (secondary N) is 1. The zero-order chi connectivity index (χ0) is 15.5. The standard InChI is InChI=1S/C17H22N4O/c1-3-18-17(22)14-8-9-15(10-14)21-16(11-19-20-21)13-6-4-12(2)5-7-13/h4-7,11,14-15H,3,8-10H2,1-2H3,(H,18,22). The fourth-order valence-corrected chi connectivity index (χ4v) is 3.18. The van der Waals surface area contributed by atoms with Crippen LogP contribution in [0.2, 0.25) is 0 Å². The van der Waals surface area contributed by atoms with E-state index in [1.165, 1.54) is 5.56 Å². The Bertz CT molecular complexity index is 647. The molecule has 0 radical (unpaired) electrons. The molecule has 1 saturated carbocycles. The molecule has 116 valence electrons. The van der Waals surface area contributed by atoms with Crippen LogP contribution in [0.1, 0.15) is 37.8 Å². The van der Waals surface area contributed by atoms with Gasteiger partial charge in [-0.1, -0.05) is 35.0 Å². The van der Waals surface area contributed by atoms with Gasteiger partial charge in [-0.25, -0.2) is 4.68 Å². The monoisotopic (exact) mass is 298 g/mol. The van der Waals surface area contributed by atoms with Crippen LogP contribution in [0.15, 0.2) is 30.5 Å². The molecule has 22 heavy (non-hydrogen) atoms. The van der Waals surface area contributed by atoms with E-state index in [9.17, 15) is 4.79 Å². The normalized spacial score (nSPS) is 21.0. The second-order valence-corrected chi connectivity index (χ2v) is 5.99. The van der Waals surface area contributed by atoms with Gasteiger partial charge in [0.2, 0.25) is 5.91 Å². The molecule has 2 aromatic rings. The minimum atomic E-state index is 0.0972. The molecule has 1 amide bonds. The first-order chi connectivity index (χ1) is 10.7. The fraction of sp³-hybridized carbons (Fsp3) is 0.471. The van der Waals surface area contributed by atoms with Crippen LogP contribution in [0, 0.1) is 12.8 Å². The molecule has 1 aromatic heterocycles. The van der Waals surface area contributed by atoms with Crippen molar-refractivity contribution in [3.63, 3.8) is 0 Å². The lowest BCUT2D eigenvalue weighted by Crippen LogP contribution is -2.29. The number of carbonyl (C=O) groups is 1. The SMILES string of the molecule is CCNC(=O)C1CCC(n2nncc2-c2ccc(C)cc2)C1. The molecule has 1 heterocycles. The Morgan fingerprint density at radius 1 is 1.32 bits per heavy atom. The van der Waals surface area contributed by atoms with Crippen molar-refractivity contribution in [2.45, 2.75) is 39.2 Å². The molecule has 0 bridgehead atoms. The summed E-state index contributed by atoms with van der Waals surface area (Å²) in [7, 11) is 0. The van der Waals surface area contributed by atoms with Crippen LogP contribution in [0.25, 0.3) is 11.3 Å². The average Bonchev–Trinajstić information content (AvgIpc) is 3.17. The lowest BCUT2D eigenvalue weighted by atomic mass is 10.1. The number of benzene rings is 1. The van der Waals surface area contributed by atoms with E-state index >= 15 is 0 Å². The highest BCUT2D eigenvalue weighted by Crippen LogP contribution is 2.36. The Balaban J connectivity index is 1.78. The Labute approximate surface area is 130 Å². The van der Waals surface area contributed by atoms with Crippen molar-refractivity contribution in [3.05, 3.63) is 36.0 Å². The maximum atomic E-state index is 12.0. The minimum absolute atomic E-state index is 0.0972. The van der Waals surface area contributed by atoms with E-state index in [0.717, 1.165) is 30.5 Å². The van der Waals surface area contributed by atoms with E-state index < -0.39 is 0 Å². The molecule has 5 heteroatoms.